The zero-order valence-electron chi connectivity index (χ0n) is 11.3. The molecule has 0 atom stereocenters. The Morgan fingerprint density at radius 3 is 1.53 bits per heavy atom. The number of rotatable bonds is 13. The first-order chi connectivity index (χ1) is 8.41. The summed E-state index contributed by atoms with van der Waals surface area (Å²) in [6, 6.07) is 2.08. The second-order valence-corrected chi connectivity index (χ2v) is 4.73. The third-order valence-electron chi connectivity index (χ3n) is 3.10. The van der Waals surface area contributed by atoms with Gasteiger partial charge in [0.1, 0.15) is 0 Å². The Kier molecular flexibility index (Phi) is 14.5. The molecule has 0 aromatic carbocycles. The summed E-state index contributed by atoms with van der Waals surface area (Å²) in [6.45, 7) is 3.74. The van der Waals surface area contributed by atoms with Gasteiger partial charge in [-0.25, -0.2) is 0 Å². The van der Waals surface area contributed by atoms with Crippen LogP contribution in [0.4, 0.5) is 0 Å². The lowest BCUT2D eigenvalue weighted by molar-refractivity contribution is 0.552. The van der Waals surface area contributed by atoms with Crippen molar-refractivity contribution in [3.63, 3.8) is 0 Å². The summed E-state index contributed by atoms with van der Waals surface area (Å²) in [6.07, 6.45) is 19.4. The summed E-state index contributed by atoms with van der Waals surface area (Å²) in [4.78, 5) is 0. The van der Waals surface area contributed by atoms with E-state index in [-0.39, 0.29) is 0 Å². The van der Waals surface area contributed by atoms with Gasteiger partial charge in [0.25, 0.3) is 0 Å². The molecule has 0 heterocycles. The van der Waals surface area contributed by atoms with Crippen molar-refractivity contribution in [3.8, 4) is 6.07 Å². The fraction of sp³-hybridized carbons (Fsp3) is 0.750. The van der Waals surface area contributed by atoms with Crippen molar-refractivity contribution in [3.05, 3.63) is 19.1 Å². The molecular weight excluding hydrogens is 206 g/mol. The molecule has 0 saturated carbocycles. The topological polar surface area (TPSA) is 23.8 Å². The second kappa shape index (κ2) is 15.2. The molecule has 0 N–H and O–H groups in total. The minimum absolute atomic E-state index is 0.972. The number of allylic oxidation sites excluding steroid dienone is 1. The monoisotopic (exact) mass is 234 g/mol. The van der Waals surface area contributed by atoms with Crippen molar-refractivity contribution >= 4 is 0 Å². The maximum absolute atomic E-state index is 8.33. The molecule has 0 aliphatic heterocycles. The average Bonchev–Trinajstić information content (AvgIpc) is 2.35. The van der Waals surface area contributed by atoms with Gasteiger partial charge in [-0.15, -0.1) is 6.58 Å². The van der Waals surface area contributed by atoms with E-state index >= 15 is 0 Å². The molecule has 0 spiro atoms. The highest BCUT2D eigenvalue weighted by Gasteiger charge is 1.93. The van der Waals surface area contributed by atoms with Crippen LogP contribution in [0.1, 0.15) is 77.0 Å². The third kappa shape index (κ3) is 15.2. The molecule has 0 aliphatic carbocycles. The molecule has 0 aliphatic rings. The van der Waals surface area contributed by atoms with Gasteiger partial charge >= 0.3 is 0 Å². The van der Waals surface area contributed by atoms with Gasteiger partial charge in [-0.3, -0.25) is 0 Å². The largest absolute Gasteiger partial charge is 0.198 e. The van der Waals surface area contributed by atoms with Crippen molar-refractivity contribution in [1.29, 1.82) is 5.26 Å². The minimum Gasteiger partial charge on any atom is -0.198 e. The summed E-state index contributed by atoms with van der Waals surface area (Å²) in [5.74, 6) is 0. The van der Waals surface area contributed by atoms with E-state index in [1.54, 1.807) is 6.42 Å². The fourth-order valence-corrected chi connectivity index (χ4v) is 2.01. The van der Waals surface area contributed by atoms with E-state index < -0.39 is 0 Å². The van der Waals surface area contributed by atoms with E-state index in [0.717, 1.165) is 6.42 Å². The summed E-state index contributed by atoms with van der Waals surface area (Å²) < 4.78 is 0. The Bertz CT molecular complexity index is 190. The van der Waals surface area contributed by atoms with Gasteiger partial charge in [0, 0.05) is 0 Å². The van der Waals surface area contributed by atoms with Crippen LogP contribution in [0, 0.1) is 17.8 Å². The van der Waals surface area contributed by atoms with Gasteiger partial charge in [-0.05, 0) is 19.3 Å². The maximum Gasteiger partial charge on any atom is 0.0669 e. The van der Waals surface area contributed by atoms with Crippen LogP contribution >= 0.6 is 0 Å². The van der Waals surface area contributed by atoms with Crippen molar-refractivity contribution < 1.29 is 0 Å². The Balaban J connectivity index is 2.89. The average molecular weight is 234 g/mol. The summed E-state index contributed by atoms with van der Waals surface area (Å²) in [5.41, 5.74) is 0. The molecule has 0 aromatic heterocycles. The SMILES string of the molecule is C=CCCCCCCCCCCCC[CH]C#N. The number of nitriles is 1. The van der Waals surface area contributed by atoms with Crippen LogP contribution in [-0.4, -0.2) is 0 Å². The van der Waals surface area contributed by atoms with E-state index in [2.05, 4.69) is 12.6 Å². The Morgan fingerprint density at radius 1 is 0.706 bits per heavy atom. The Hall–Kier alpha value is -0.770. The van der Waals surface area contributed by atoms with Gasteiger partial charge in [0.15, 0.2) is 0 Å². The molecule has 0 aromatic rings. The lowest BCUT2D eigenvalue weighted by Crippen LogP contribution is -1.82. The maximum atomic E-state index is 8.33. The lowest BCUT2D eigenvalue weighted by atomic mass is 10.0. The zero-order chi connectivity index (χ0) is 12.6. The fourth-order valence-electron chi connectivity index (χ4n) is 2.01. The van der Waals surface area contributed by atoms with Crippen LogP contribution < -0.4 is 0 Å². The molecule has 97 valence electrons. The van der Waals surface area contributed by atoms with E-state index in [4.69, 9.17) is 5.26 Å². The molecule has 0 bridgehead atoms. The van der Waals surface area contributed by atoms with Crippen molar-refractivity contribution in [1.82, 2.24) is 0 Å². The van der Waals surface area contributed by atoms with E-state index in [0.29, 0.717) is 0 Å². The van der Waals surface area contributed by atoms with Crippen LogP contribution in [0.5, 0.6) is 0 Å². The molecule has 0 saturated heterocycles. The zero-order valence-corrected chi connectivity index (χ0v) is 11.3. The van der Waals surface area contributed by atoms with E-state index in [1.807, 2.05) is 6.08 Å². The van der Waals surface area contributed by atoms with E-state index in [1.165, 1.54) is 70.6 Å². The van der Waals surface area contributed by atoms with Crippen LogP contribution in [0.2, 0.25) is 0 Å². The summed E-state index contributed by atoms with van der Waals surface area (Å²) in [7, 11) is 0. The van der Waals surface area contributed by atoms with Gasteiger partial charge in [0.05, 0.1) is 12.5 Å². The van der Waals surface area contributed by atoms with Crippen molar-refractivity contribution in [2.45, 2.75) is 77.0 Å². The van der Waals surface area contributed by atoms with Gasteiger partial charge < -0.3 is 0 Å². The first-order valence-electron chi connectivity index (χ1n) is 7.24. The predicted octanol–water partition coefficient (Wildman–Crippen LogP) is 5.58. The minimum atomic E-state index is 0.972. The van der Waals surface area contributed by atoms with Crippen molar-refractivity contribution in [2.75, 3.05) is 0 Å². The normalized spacial score (nSPS) is 10.1. The summed E-state index contributed by atoms with van der Waals surface area (Å²) >= 11 is 0. The van der Waals surface area contributed by atoms with Crippen LogP contribution in [0.15, 0.2) is 12.7 Å². The molecule has 0 amide bonds. The second-order valence-electron chi connectivity index (χ2n) is 4.73. The molecule has 1 radical (unpaired) electrons. The molecular formula is C16H28N. The molecule has 0 unspecified atom stereocenters. The summed E-state index contributed by atoms with van der Waals surface area (Å²) in [5, 5.41) is 8.33. The smallest absolute Gasteiger partial charge is 0.0669 e. The number of hydrogen-bond acceptors (Lipinski definition) is 1. The number of nitrogens with zero attached hydrogens (tertiary/aromatic N) is 1. The predicted molar refractivity (Wildman–Crippen MR) is 75.5 cm³/mol. The Morgan fingerprint density at radius 2 is 1.12 bits per heavy atom. The van der Waals surface area contributed by atoms with Gasteiger partial charge in [-0.2, -0.15) is 5.26 Å². The quantitative estimate of drug-likeness (QED) is 0.301. The Labute approximate surface area is 108 Å². The molecule has 1 heteroatoms. The first kappa shape index (κ1) is 16.2. The van der Waals surface area contributed by atoms with E-state index in [9.17, 15) is 0 Å². The van der Waals surface area contributed by atoms with Crippen molar-refractivity contribution in [2.24, 2.45) is 0 Å². The highest BCUT2D eigenvalue weighted by molar-refractivity contribution is 4.90. The lowest BCUT2D eigenvalue weighted by Gasteiger charge is -2.01. The molecule has 0 rings (SSSR count). The highest BCUT2D eigenvalue weighted by Crippen LogP contribution is 2.12. The van der Waals surface area contributed by atoms with Gasteiger partial charge in [0.2, 0.25) is 0 Å². The van der Waals surface area contributed by atoms with Crippen LogP contribution in [0.3, 0.4) is 0 Å². The van der Waals surface area contributed by atoms with Crippen LogP contribution in [0.25, 0.3) is 0 Å². The first-order valence-corrected chi connectivity index (χ1v) is 7.24. The van der Waals surface area contributed by atoms with Crippen LogP contribution in [-0.2, 0) is 0 Å². The van der Waals surface area contributed by atoms with Gasteiger partial charge in [-0.1, -0.05) is 63.9 Å². The number of unbranched alkanes of at least 4 members (excludes halogenated alkanes) is 12. The standard InChI is InChI=1S/C16H28N/c1-2-3-4-5-6-7-8-9-10-11-12-13-14-15-16-17/h2,15H,1,3-14H2. The highest BCUT2D eigenvalue weighted by atomic mass is 14.2. The third-order valence-corrected chi connectivity index (χ3v) is 3.10. The molecule has 1 nitrogen and oxygen atoms in total. The number of hydrogen-bond donors (Lipinski definition) is 0. The molecule has 17 heavy (non-hydrogen) atoms. The molecule has 0 fully saturated rings.